The smallest absolute Gasteiger partial charge is 0.348 e. The maximum Gasteiger partial charge on any atom is 0.348 e. The molecule has 0 bridgehead atoms. The van der Waals surface area contributed by atoms with Crippen molar-refractivity contribution in [2.75, 3.05) is 25.1 Å². The summed E-state index contributed by atoms with van der Waals surface area (Å²) in [6.07, 6.45) is 3.21. The summed E-state index contributed by atoms with van der Waals surface area (Å²) in [7, 11) is 1.27. The van der Waals surface area contributed by atoms with Gasteiger partial charge < -0.3 is 9.64 Å². The van der Waals surface area contributed by atoms with Crippen LogP contribution in [0.3, 0.4) is 0 Å². The summed E-state index contributed by atoms with van der Waals surface area (Å²) in [4.78, 5) is 24.3. The maximum absolute atomic E-state index is 11.4. The normalized spacial score (nSPS) is 15.5. The van der Waals surface area contributed by atoms with E-state index in [1.54, 1.807) is 0 Å². The van der Waals surface area contributed by atoms with Gasteiger partial charge >= 0.3 is 11.7 Å². The van der Waals surface area contributed by atoms with E-state index < -0.39 is 10.9 Å². The number of nitrogens with zero attached hydrogens (tertiary/aromatic N) is 2. The molecule has 0 saturated carbocycles. The third kappa shape index (κ3) is 2.45. The van der Waals surface area contributed by atoms with Crippen LogP contribution in [-0.4, -0.2) is 31.1 Å². The minimum absolute atomic E-state index is 0.00213. The Morgan fingerprint density at radius 2 is 2.11 bits per heavy atom. The van der Waals surface area contributed by atoms with E-state index in [4.69, 9.17) is 0 Å². The lowest BCUT2D eigenvalue weighted by Crippen LogP contribution is -2.29. The summed E-state index contributed by atoms with van der Waals surface area (Å²) >= 11 is 1.14. The van der Waals surface area contributed by atoms with Crippen molar-refractivity contribution >= 4 is 28.0 Å². The molecular formula is C11H14N2O4S. The number of carbonyl (C=O) groups is 1. The van der Waals surface area contributed by atoms with Gasteiger partial charge in [0.25, 0.3) is 0 Å². The molecule has 6 nitrogen and oxygen atoms in total. The number of rotatable bonds is 3. The van der Waals surface area contributed by atoms with Gasteiger partial charge in [-0.05, 0) is 19.3 Å². The lowest BCUT2D eigenvalue weighted by atomic mass is 10.1. The average Bonchev–Trinajstić information content (AvgIpc) is 2.84. The van der Waals surface area contributed by atoms with Crippen molar-refractivity contribution in [2.45, 2.75) is 19.3 Å². The Morgan fingerprint density at radius 1 is 1.44 bits per heavy atom. The molecule has 0 unspecified atom stereocenters. The molecular weight excluding hydrogens is 256 g/mol. The molecule has 1 saturated heterocycles. The molecule has 0 spiro atoms. The second-order valence-corrected chi connectivity index (χ2v) is 5.13. The van der Waals surface area contributed by atoms with E-state index in [1.807, 2.05) is 4.90 Å². The summed E-state index contributed by atoms with van der Waals surface area (Å²) < 4.78 is 4.60. The van der Waals surface area contributed by atoms with Crippen LogP contribution >= 0.6 is 11.3 Å². The van der Waals surface area contributed by atoms with Crippen LogP contribution in [0.15, 0.2) is 6.07 Å². The quantitative estimate of drug-likeness (QED) is 0.479. The Bertz CT molecular complexity index is 466. The van der Waals surface area contributed by atoms with Crippen LogP contribution in [0.25, 0.3) is 0 Å². The van der Waals surface area contributed by atoms with Crippen LogP contribution < -0.4 is 4.90 Å². The number of ether oxygens (including phenoxy) is 1. The number of esters is 1. The predicted molar refractivity (Wildman–Crippen MR) is 68.4 cm³/mol. The van der Waals surface area contributed by atoms with E-state index in [-0.39, 0.29) is 10.6 Å². The summed E-state index contributed by atoms with van der Waals surface area (Å²) in [5, 5.41) is 11.6. The van der Waals surface area contributed by atoms with Gasteiger partial charge in [0.1, 0.15) is 4.88 Å². The maximum atomic E-state index is 11.4. The Morgan fingerprint density at radius 3 is 2.67 bits per heavy atom. The molecule has 1 fully saturated rings. The van der Waals surface area contributed by atoms with Crippen LogP contribution in [0.4, 0.5) is 10.7 Å². The Labute approximate surface area is 108 Å². The molecule has 2 rings (SSSR count). The molecule has 0 atom stereocenters. The number of carbonyl (C=O) groups excluding carboxylic acids is 1. The first-order valence-electron chi connectivity index (χ1n) is 5.75. The minimum Gasteiger partial charge on any atom is -0.465 e. The third-order valence-corrected chi connectivity index (χ3v) is 4.09. The molecule has 0 N–H and O–H groups in total. The van der Waals surface area contributed by atoms with Crippen LogP contribution in [0.5, 0.6) is 0 Å². The fourth-order valence-electron chi connectivity index (χ4n) is 2.03. The molecule has 18 heavy (non-hydrogen) atoms. The molecule has 7 heteroatoms. The number of hydrogen-bond acceptors (Lipinski definition) is 6. The Balaban J connectivity index is 2.34. The molecule has 1 aromatic heterocycles. The number of anilines is 1. The topological polar surface area (TPSA) is 72.7 Å². The third-order valence-electron chi connectivity index (χ3n) is 2.92. The summed E-state index contributed by atoms with van der Waals surface area (Å²) in [5.74, 6) is -0.522. The van der Waals surface area contributed by atoms with E-state index in [9.17, 15) is 14.9 Å². The van der Waals surface area contributed by atoms with E-state index >= 15 is 0 Å². The zero-order valence-corrected chi connectivity index (χ0v) is 10.9. The zero-order valence-electron chi connectivity index (χ0n) is 10.0. The van der Waals surface area contributed by atoms with Crippen molar-refractivity contribution in [2.24, 2.45) is 0 Å². The van der Waals surface area contributed by atoms with Gasteiger partial charge in [0, 0.05) is 19.2 Å². The zero-order chi connectivity index (χ0) is 13.1. The molecule has 0 aliphatic carbocycles. The van der Waals surface area contributed by atoms with Gasteiger partial charge in [0.15, 0.2) is 5.00 Å². The van der Waals surface area contributed by atoms with Gasteiger partial charge in [-0.25, -0.2) is 4.79 Å². The van der Waals surface area contributed by atoms with E-state index in [1.165, 1.54) is 13.2 Å². The summed E-state index contributed by atoms with van der Waals surface area (Å²) in [6, 6.07) is 1.31. The molecule has 0 amide bonds. The van der Waals surface area contributed by atoms with Gasteiger partial charge in [-0.15, -0.1) is 11.3 Å². The van der Waals surface area contributed by atoms with Gasteiger partial charge in [0.05, 0.1) is 12.0 Å². The van der Waals surface area contributed by atoms with Crippen molar-refractivity contribution in [1.82, 2.24) is 0 Å². The monoisotopic (exact) mass is 270 g/mol. The fraction of sp³-hybridized carbons (Fsp3) is 0.545. The van der Waals surface area contributed by atoms with Gasteiger partial charge in [-0.2, -0.15) is 0 Å². The number of thiophene rings is 1. The molecule has 98 valence electrons. The molecule has 1 aliphatic rings. The molecule has 2 heterocycles. The molecule has 0 aromatic carbocycles. The lowest BCUT2D eigenvalue weighted by molar-refractivity contribution is -0.383. The highest BCUT2D eigenvalue weighted by molar-refractivity contribution is 7.18. The van der Waals surface area contributed by atoms with Crippen molar-refractivity contribution in [1.29, 1.82) is 0 Å². The first-order chi connectivity index (χ1) is 8.63. The molecule has 1 aliphatic heterocycles. The first kappa shape index (κ1) is 12.8. The number of nitro groups is 1. The minimum atomic E-state index is -0.522. The fourth-order valence-corrected chi connectivity index (χ4v) is 3.12. The van der Waals surface area contributed by atoms with Crippen molar-refractivity contribution in [3.05, 3.63) is 21.1 Å². The number of methoxy groups -OCH3 is 1. The summed E-state index contributed by atoms with van der Waals surface area (Å²) in [6.45, 7) is 1.62. The Hall–Kier alpha value is -1.63. The Kier molecular flexibility index (Phi) is 3.81. The van der Waals surface area contributed by atoms with Crippen molar-refractivity contribution in [3.63, 3.8) is 0 Å². The molecule has 1 aromatic rings. The lowest BCUT2D eigenvalue weighted by Gasteiger charge is -2.26. The van der Waals surface area contributed by atoms with Gasteiger partial charge in [-0.3, -0.25) is 10.1 Å². The van der Waals surface area contributed by atoms with Crippen LogP contribution in [0, 0.1) is 10.1 Å². The highest BCUT2D eigenvalue weighted by Gasteiger charge is 2.27. The standard InChI is InChI=1S/C11H14N2O4S/c1-17-11(14)9-7-8(13(15)16)10(18-9)12-5-3-2-4-6-12/h7H,2-6H2,1H3. The van der Waals surface area contributed by atoms with Crippen LogP contribution in [-0.2, 0) is 4.74 Å². The highest BCUT2D eigenvalue weighted by atomic mass is 32.1. The SMILES string of the molecule is COC(=O)c1cc([N+](=O)[O-])c(N2CCCCC2)s1. The highest BCUT2D eigenvalue weighted by Crippen LogP contribution is 2.39. The van der Waals surface area contributed by atoms with Crippen molar-refractivity contribution < 1.29 is 14.5 Å². The van der Waals surface area contributed by atoms with Crippen molar-refractivity contribution in [3.8, 4) is 0 Å². The molecule has 0 radical (unpaired) electrons. The number of piperidine rings is 1. The van der Waals surface area contributed by atoms with E-state index in [0.29, 0.717) is 5.00 Å². The average molecular weight is 270 g/mol. The largest absolute Gasteiger partial charge is 0.465 e. The van der Waals surface area contributed by atoms with E-state index in [2.05, 4.69) is 4.74 Å². The van der Waals surface area contributed by atoms with Gasteiger partial charge in [0.2, 0.25) is 0 Å². The van der Waals surface area contributed by atoms with Crippen LogP contribution in [0.2, 0.25) is 0 Å². The number of hydrogen-bond donors (Lipinski definition) is 0. The second-order valence-electron chi connectivity index (χ2n) is 4.10. The van der Waals surface area contributed by atoms with Crippen LogP contribution in [0.1, 0.15) is 28.9 Å². The van der Waals surface area contributed by atoms with Gasteiger partial charge in [-0.1, -0.05) is 0 Å². The second kappa shape index (κ2) is 5.34. The summed E-state index contributed by atoms with van der Waals surface area (Å²) in [5.41, 5.74) is 0.00213. The van der Waals surface area contributed by atoms with E-state index in [0.717, 1.165) is 43.7 Å². The first-order valence-corrected chi connectivity index (χ1v) is 6.56. The predicted octanol–water partition coefficient (Wildman–Crippen LogP) is 2.43.